The molecule has 0 N–H and O–H groups in total. The average molecular weight is 366 g/mol. The highest BCUT2D eigenvalue weighted by atomic mass is 16.5. The second kappa shape index (κ2) is 6.49. The Morgan fingerprint density at radius 3 is 2.78 bits per heavy atom. The molecule has 1 amide bonds. The van der Waals surface area contributed by atoms with E-state index in [1.54, 1.807) is 6.26 Å². The van der Waals surface area contributed by atoms with Gasteiger partial charge in [0.25, 0.3) is 11.6 Å². The first-order chi connectivity index (χ1) is 13.2. The first-order valence-electron chi connectivity index (χ1n) is 9.50. The number of fused-ring (bicyclic) bond motifs is 1. The summed E-state index contributed by atoms with van der Waals surface area (Å²) < 4.78 is 10.8. The molecule has 27 heavy (non-hydrogen) atoms. The lowest BCUT2D eigenvalue weighted by molar-refractivity contribution is 0.0622. The number of aryl methyl sites for hydroxylation is 1. The quantitative estimate of drug-likeness (QED) is 0.707. The predicted octanol–water partition coefficient (Wildman–Crippen LogP) is 2.96. The van der Waals surface area contributed by atoms with Gasteiger partial charge in [0.15, 0.2) is 0 Å². The number of rotatable bonds is 4. The number of aromatic nitrogens is 2. The van der Waals surface area contributed by atoms with Crippen LogP contribution in [0.2, 0.25) is 0 Å². The van der Waals surface area contributed by atoms with Crippen LogP contribution in [-0.2, 0) is 6.54 Å². The molecule has 0 radical (unpaired) electrons. The maximum Gasteiger partial charge on any atom is 0.259 e. The molecule has 0 unspecified atom stereocenters. The van der Waals surface area contributed by atoms with E-state index in [0.717, 1.165) is 55.0 Å². The standard InChI is InChI=1S/C20H22N4O3/c1-13-18-16(11-17(14-4-5-14)21-19(18)27-22-13)20(25)24-8-6-23(7-9-24)12-15-3-2-10-26-15/h2-3,10-11,14H,4-9,12H2,1H3. The van der Waals surface area contributed by atoms with Crippen LogP contribution in [0.1, 0.15) is 46.3 Å². The second-order valence-electron chi connectivity index (χ2n) is 7.46. The highest BCUT2D eigenvalue weighted by Gasteiger charge is 2.30. The Bertz CT molecular complexity index is 967. The molecular weight excluding hydrogens is 344 g/mol. The van der Waals surface area contributed by atoms with Crippen LogP contribution in [0.3, 0.4) is 0 Å². The topological polar surface area (TPSA) is 75.6 Å². The summed E-state index contributed by atoms with van der Waals surface area (Å²) >= 11 is 0. The van der Waals surface area contributed by atoms with Crippen molar-refractivity contribution in [3.8, 4) is 0 Å². The van der Waals surface area contributed by atoms with Crippen LogP contribution in [0.25, 0.3) is 11.1 Å². The second-order valence-corrected chi connectivity index (χ2v) is 7.46. The fourth-order valence-corrected chi connectivity index (χ4v) is 3.77. The van der Waals surface area contributed by atoms with Crippen LogP contribution in [0.4, 0.5) is 0 Å². The molecule has 7 nitrogen and oxygen atoms in total. The molecule has 1 aliphatic carbocycles. The molecule has 4 heterocycles. The normalized spacial score (nSPS) is 18.3. The van der Waals surface area contributed by atoms with Crippen molar-refractivity contribution >= 4 is 17.0 Å². The lowest BCUT2D eigenvalue weighted by Crippen LogP contribution is -2.48. The summed E-state index contributed by atoms with van der Waals surface area (Å²) in [5.74, 6) is 1.46. The molecule has 2 aliphatic rings. The number of furan rings is 1. The molecule has 5 rings (SSSR count). The Labute approximate surface area is 156 Å². The third-order valence-corrected chi connectivity index (χ3v) is 5.48. The van der Waals surface area contributed by atoms with Gasteiger partial charge >= 0.3 is 0 Å². The number of carbonyl (C=O) groups is 1. The summed E-state index contributed by atoms with van der Waals surface area (Å²) in [6.45, 7) is 5.71. The molecule has 1 aliphatic heterocycles. The van der Waals surface area contributed by atoms with E-state index in [1.807, 2.05) is 30.0 Å². The molecule has 0 bridgehead atoms. The summed E-state index contributed by atoms with van der Waals surface area (Å²) in [4.78, 5) is 22.1. The molecule has 1 saturated carbocycles. The summed E-state index contributed by atoms with van der Waals surface area (Å²) in [6.07, 6.45) is 3.96. The Morgan fingerprint density at radius 2 is 2.07 bits per heavy atom. The van der Waals surface area contributed by atoms with E-state index in [0.29, 0.717) is 30.3 Å². The number of piperazine rings is 1. The lowest BCUT2D eigenvalue weighted by atomic mass is 10.1. The molecule has 2 fully saturated rings. The largest absolute Gasteiger partial charge is 0.468 e. The Balaban J connectivity index is 1.36. The van der Waals surface area contributed by atoms with Crippen molar-refractivity contribution in [1.29, 1.82) is 0 Å². The molecule has 0 aromatic carbocycles. The van der Waals surface area contributed by atoms with Crippen molar-refractivity contribution in [2.75, 3.05) is 26.2 Å². The highest BCUT2D eigenvalue weighted by Crippen LogP contribution is 2.40. The van der Waals surface area contributed by atoms with E-state index in [9.17, 15) is 4.79 Å². The third-order valence-electron chi connectivity index (χ3n) is 5.48. The molecule has 1 saturated heterocycles. The highest BCUT2D eigenvalue weighted by molar-refractivity contribution is 6.06. The van der Waals surface area contributed by atoms with E-state index in [-0.39, 0.29) is 5.91 Å². The van der Waals surface area contributed by atoms with E-state index in [1.165, 1.54) is 0 Å². The van der Waals surface area contributed by atoms with E-state index < -0.39 is 0 Å². The Kier molecular flexibility index (Phi) is 3.97. The van der Waals surface area contributed by atoms with Gasteiger partial charge in [-0.25, -0.2) is 4.98 Å². The number of amides is 1. The van der Waals surface area contributed by atoms with Gasteiger partial charge in [0, 0.05) is 37.8 Å². The van der Waals surface area contributed by atoms with E-state index in [2.05, 4.69) is 15.0 Å². The Morgan fingerprint density at radius 1 is 1.26 bits per heavy atom. The minimum atomic E-state index is 0.0493. The van der Waals surface area contributed by atoms with E-state index in [4.69, 9.17) is 8.94 Å². The zero-order chi connectivity index (χ0) is 18.4. The zero-order valence-corrected chi connectivity index (χ0v) is 15.4. The molecule has 3 aromatic rings. The fraction of sp³-hybridized carbons (Fsp3) is 0.450. The van der Waals surface area contributed by atoms with Crippen LogP contribution in [0.5, 0.6) is 0 Å². The van der Waals surface area contributed by atoms with Gasteiger partial charge in [-0.3, -0.25) is 9.69 Å². The van der Waals surface area contributed by atoms with Crippen molar-refractivity contribution in [1.82, 2.24) is 19.9 Å². The minimum Gasteiger partial charge on any atom is -0.468 e. The zero-order valence-electron chi connectivity index (χ0n) is 15.4. The molecule has 0 spiro atoms. The van der Waals surface area contributed by atoms with Crippen molar-refractivity contribution in [3.05, 3.63) is 47.2 Å². The molecule has 3 aromatic heterocycles. The van der Waals surface area contributed by atoms with E-state index >= 15 is 0 Å². The van der Waals surface area contributed by atoms with Gasteiger partial charge in [-0.05, 0) is 38.0 Å². The van der Waals surface area contributed by atoms with Crippen molar-refractivity contribution in [2.24, 2.45) is 0 Å². The monoisotopic (exact) mass is 366 g/mol. The number of pyridine rings is 1. The van der Waals surface area contributed by atoms with Gasteiger partial charge in [0.2, 0.25) is 0 Å². The predicted molar refractivity (Wildman–Crippen MR) is 98.4 cm³/mol. The molecular formula is C20H22N4O3. The SMILES string of the molecule is Cc1noc2nc(C3CC3)cc(C(=O)N3CCN(Cc4ccco4)CC3)c12. The minimum absolute atomic E-state index is 0.0493. The van der Waals surface area contributed by atoms with Gasteiger partial charge in [0.05, 0.1) is 29.5 Å². The summed E-state index contributed by atoms with van der Waals surface area (Å²) in [7, 11) is 0. The lowest BCUT2D eigenvalue weighted by Gasteiger charge is -2.34. The van der Waals surface area contributed by atoms with Crippen molar-refractivity contribution in [2.45, 2.75) is 32.2 Å². The van der Waals surface area contributed by atoms with Gasteiger partial charge in [-0.2, -0.15) is 0 Å². The summed E-state index contributed by atoms with van der Waals surface area (Å²) in [5.41, 5.74) is 2.84. The number of carbonyl (C=O) groups excluding carboxylic acids is 1. The summed E-state index contributed by atoms with van der Waals surface area (Å²) in [6, 6.07) is 5.85. The van der Waals surface area contributed by atoms with Crippen molar-refractivity contribution in [3.63, 3.8) is 0 Å². The van der Waals surface area contributed by atoms with Crippen LogP contribution in [-0.4, -0.2) is 52.0 Å². The van der Waals surface area contributed by atoms with Gasteiger partial charge in [-0.15, -0.1) is 0 Å². The number of hydrogen-bond acceptors (Lipinski definition) is 6. The van der Waals surface area contributed by atoms with Gasteiger partial charge in [-0.1, -0.05) is 5.16 Å². The average Bonchev–Trinajstić information content (AvgIpc) is 3.30. The first-order valence-corrected chi connectivity index (χ1v) is 9.50. The van der Waals surface area contributed by atoms with Gasteiger partial charge in [0.1, 0.15) is 5.76 Å². The summed E-state index contributed by atoms with van der Waals surface area (Å²) in [5, 5.41) is 4.78. The fourth-order valence-electron chi connectivity index (χ4n) is 3.77. The van der Waals surface area contributed by atoms with Crippen LogP contribution >= 0.6 is 0 Å². The number of hydrogen-bond donors (Lipinski definition) is 0. The van der Waals surface area contributed by atoms with Crippen LogP contribution < -0.4 is 0 Å². The molecule has 140 valence electrons. The van der Waals surface area contributed by atoms with Gasteiger partial charge < -0.3 is 13.8 Å². The first kappa shape index (κ1) is 16.5. The number of nitrogens with zero attached hydrogens (tertiary/aromatic N) is 4. The van der Waals surface area contributed by atoms with Crippen molar-refractivity contribution < 1.29 is 13.7 Å². The maximum absolute atomic E-state index is 13.3. The third kappa shape index (κ3) is 3.12. The molecule has 7 heteroatoms. The Hall–Kier alpha value is -2.67. The van der Waals surface area contributed by atoms with Crippen LogP contribution in [0, 0.1) is 6.92 Å². The molecule has 0 atom stereocenters. The smallest absolute Gasteiger partial charge is 0.259 e. The maximum atomic E-state index is 13.3. The van der Waals surface area contributed by atoms with Crippen LogP contribution in [0.15, 0.2) is 33.4 Å².